The number of amides is 1. The molecule has 7 nitrogen and oxygen atoms in total. The minimum absolute atomic E-state index is 0. The Kier molecular flexibility index (Phi) is 9.22. The van der Waals surface area contributed by atoms with E-state index in [0.29, 0.717) is 28.4 Å². The van der Waals surface area contributed by atoms with Crippen LogP contribution >= 0.6 is 0 Å². The van der Waals surface area contributed by atoms with E-state index in [1.807, 2.05) is 47.2 Å². The second-order valence-corrected chi connectivity index (χ2v) is 6.71. The molecule has 0 bridgehead atoms. The molecule has 8 heteroatoms. The van der Waals surface area contributed by atoms with Gasteiger partial charge in [-0.15, -0.1) is 0 Å². The number of halogens is 1. The van der Waals surface area contributed by atoms with Crippen LogP contribution in [0, 0.1) is 0 Å². The van der Waals surface area contributed by atoms with Gasteiger partial charge in [0.05, 0.1) is 21.3 Å². The van der Waals surface area contributed by atoms with Crippen LogP contribution in [0.3, 0.4) is 0 Å². The van der Waals surface area contributed by atoms with Gasteiger partial charge in [-0.3, -0.25) is 9.59 Å². The molecule has 0 aliphatic heterocycles. The van der Waals surface area contributed by atoms with Crippen LogP contribution in [-0.4, -0.2) is 33.0 Å². The lowest BCUT2D eigenvalue weighted by Crippen LogP contribution is -3.00. The van der Waals surface area contributed by atoms with Crippen LogP contribution in [0.4, 0.5) is 0 Å². The fourth-order valence-electron chi connectivity index (χ4n) is 3.18. The molecule has 0 unspecified atom stereocenters. The molecule has 0 spiro atoms. The van der Waals surface area contributed by atoms with Gasteiger partial charge in [0.15, 0.2) is 17.7 Å². The monoisotopic (exact) mass is 500 g/mol. The molecule has 168 valence electrons. The van der Waals surface area contributed by atoms with Gasteiger partial charge in [-0.1, -0.05) is 36.4 Å². The molecule has 1 heterocycles. The van der Waals surface area contributed by atoms with E-state index < -0.39 is 0 Å². The van der Waals surface area contributed by atoms with Crippen molar-refractivity contribution in [1.29, 1.82) is 0 Å². The second-order valence-electron chi connectivity index (χ2n) is 6.71. The standard InChI is InChI=1S/C24H24N2O5.BrH/c1-29-21-13-18(14-22(30-2)23(21)31-3)24(28)25-15-19-11-7-8-12-26(19)16-20(27)17-9-5-4-6-10-17;/h4-14H,15-16H2,1-3H3;1H. The molecule has 1 N–H and O–H groups in total. The molecule has 1 amide bonds. The summed E-state index contributed by atoms with van der Waals surface area (Å²) >= 11 is 0. The average Bonchev–Trinajstić information content (AvgIpc) is 2.82. The maximum absolute atomic E-state index is 12.8. The zero-order valence-electron chi connectivity index (χ0n) is 18.1. The van der Waals surface area contributed by atoms with E-state index in [0.717, 1.165) is 5.69 Å². The third-order valence-electron chi connectivity index (χ3n) is 4.80. The number of rotatable bonds is 9. The number of nitrogens with zero attached hydrogens (tertiary/aromatic N) is 1. The first-order chi connectivity index (χ1) is 15.1. The van der Waals surface area contributed by atoms with E-state index in [-0.39, 0.29) is 41.8 Å². The summed E-state index contributed by atoms with van der Waals surface area (Å²) in [6, 6.07) is 17.9. The average molecular weight is 501 g/mol. The van der Waals surface area contributed by atoms with Gasteiger partial charge in [0.25, 0.3) is 5.91 Å². The third-order valence-corrected chi connectivity index (χ3v) is 4.80. The second kappa shape index (κ2) is 11.9. The van der Waals surface area contributed by atoms with Crippen molar-refractivity contribution in [2.45, 2.75) is 13.1 Å². The van der Waals surface area contributed by atoms with Crippen molar-refractivity contribution in [3.05, 3.63) is 83.7 Å². The van der Waals surface area contributed by atoms with Gasteiger partial charge < -0.3 is 36.5 Å². The molecule has 0 fully saturated rings. The van der Waals surface area contributed by atoms with Gasteiger partial charge in [0.1, 0.15) is 6.54 Å². The number of methoxy groups -OCH3 is 3. The largest absolute Gasteiger partial charge is 1.00 e. The first-order valence-corrected chi connectivity index (χ1v) is 9.71. The molecule has 3 rings (SSSR count). The highest BCUT2D eigenvalue weighted by molar-refractivity contribution is 5.96. The Bertz CT molecular complexity index is 1050. The molecule has 0 radical (unpaired) electrons. The van der Waals surface area contributed by atoms with Crippen molar-refractivity contribution in [3.8, 4) is 17.2 Å². The Morgan fingerprint density at radius 2 is 1.47 bits per heavy atom. The highest BCUT2D eigenvalue weighted by Gasteiger charge is 2.19. The van der Waals surface area contributed by atoms with E-state index >= 15 is 0 Å². The number of hydrogen-bond acceptors (Lipinski definition) is 5. The number of aromatic nitrogens is 1. The summed E-state index contributed by atoms with van der Waals surface area (Å²) in [4.78, 5) is 25.3. The van der Waals surface area contributed by atoms with Gasteiger partial charge in [-0.05, 0) is 12.1 Å². The number of pyridine rings is 1. The van der Waals surface area contributed by atoms with Crippen LogP contribution in [0.25, 0.3) is 0 Å². The number of carbonyl (C=O) groups is 2. The van der Waals surface area contributed by atoms with Gasteiger partial charge in [-0.25, -0.2) is 0 Å². The number of Topliss-reactive ketones (excluding diaryl/α,β-unsaturated/α-hetero) is 1. The molecule has 2 aromatic carbocycles. The van der Waals surface area contributed by atoms with Crippen molar-refractivity contribution in [1.82, 2.24) is 5.32 Å². The Balaban J connectivity index is 0.00000363. The highest BCUT2D eigenvalue weighted by atomic mass is 79.9. The molecular weight excluding hydrogens is 476 g/mol. The van der Waals surface area contributed by atoms with Crippen LogP contribution in [0.1, 0.15) is 26.4 Å². The van der Waals surface area contributed by atoms with Crippen LogP contribution in [0.2, 0.25) is 0 Å². The number of benzene rings is 2. The molecule has 0 aliphatic carbocycles. The van der Waals surface area contributed by atoms with Crippen LogP contribution in [-0.2, 0) is 13.1 Å². The van der Waals surface area contributed by atoms with Crippen molar-refractivity contribution in [3.63, 3.8) is 0 Å². The summed E-state index contributed by atoms with van der Waals surface area (Å²) in [5, 5.41) is 2.89. The Hall–Kier alpha value is -3.39. The lowest BCUT2D eigenvalue weighted by molar-refractivity contribution is -0.690. The van der Waals surface area contributed by atoms with Gasteiger partial charge in [0, 0.05) is 23.3 Å². The summed E-state index contributed by atoms with van der Waals surface area (Å²) in [5.41, 5.74) is 1.82. The van der Waals surface area contributed by atoms with E-state index in [2.05, 4.69) is 5.32 Å². The zero-order valence-corrected chi connectivity index (χ0v) is 19.7. The fraction of sp³-hybridized carbons (Fsp3) is 0.208. The molecule has 3 aromatic rings. The highest BCUT2D eigenvalue weighted by Crippen LogP contribution is 2.38. The maximum Gasteiger partial charge on any atom is 0.252 e. The van der Waals surface area contributed by atoms with Crippen LogP contribution in [0.15, 0.2) is 66.9 Å². The van der Waals surface area contributed by atoms with Crippen molar-refractivity contribution >= 4 is 11.7 Å². The topological polar surface area (TPSA) is 77.7 Å². The molecule has 0 atom stereocenters. The Labute approximate surface area is 197 Å². The molecule has 32 heavy (non-hydrogen) atoms. The molecule has 0 saturated heterocycles. The third kappa shape index (κ3) is 5.85. The molecular formula is C24H25BrN2O5. The zero-order chi connectivity index (χ0) is 22.2. The number of hydrogen-bond donors (Lipinski definition) is 1. The maximum atomic E-state index is 12.8. The number of nitrogens with one attached hydrogen (secondary N) is 1. The number of ether oxygens (including phenoxy) is 3. The van der Waals surface area contributed by atoms with E-state index in [4.69, 9.17) is 14.2 Å². The Morgan fingerprint density at radius 3 is 2.06 bits per heavy atom. The molecule has 0 saturated carbocycles. The fourth-order valence-corrected chi connectivity index (χ4v) is 3.18. The quantitative estimate of drug-likeness (QED) is 0.325. The van der Waals surface area contributed by atoms with Gasteiger partial charge >= 0.3 is 0 Å². The summed E-state index contributed by atoms with van der Waals surface area (Å²) in [6.45, 7) is 0.429. The lowest BCUT2D eigenvalue weighted by Gasteiger charge is -2.14. The summed E-state index contributed by atoms with van der Waals surface area (Å²) in [7, 11) is 4.50. The first kappa shape index (κ1) is 24.9. The van der Waals surface area contributed by atoms with Crippen molar-refractivity contribution < 1.29 is 45.3 Å². The van der Waals surface area contributed by atoms with Crippen molar-refractivity contribution in [2.75, 3.05) is 21.3 Å². The van der Waals surface area contributed by atoms with Gasteiger partial charge in [0.2, 0.25) is 23.8 Å². The number of ketones is 1. The summed E-state index contributed by atoms with van der Waals surface area (Å²) in [6.07, 6.45) is 1.82. The van der Waals surface area contributed by atoms with E-state index in [1.54, 1.807) is 24.3 Å². The minimum Gasteiger partial charge on any atom is -1.00 e. The Morgan fingerprint density at radius 1 is 0.844 bits per heavy atom. The smallest absolute Gasteiger partial charge is 0.252 e. The summed E-state index contributed by atoms with van der Waals surface area (Å²) in [5.74, 6) is 0.908. The van der Waals surface area contributed by atoms with Crippen LogP contribution < -0.4 is 41.1 Å². The first-order valence-electron chi connectivity index (χ1n) is 9.71. The normalized spacial score (nSPS) is 9.97. The number of carbonyl (C=O) groups excluding carboxylic acids is 2. The van der Waals surface area contributed by atoms with Gasteiger partial charge in [-0.2, -0.15) is 4.57 Å². The van der Waals surface area contributed by atoms with E-state index in [9.17, 15) is 9.59 Å². The van der Waals surface area contributed by atoms with Crippen molar-refractivity contribution in [2.24, 2.45) is 0 Å². The molecule has 0 aliphatic rings. The minimum atomic E-state index is -0.302. The van der Waals surface area contributed by atoms with E-state index in [1.165, 1.54) is 21.3 Å². The SMILES string of the molecule is COc1cc(C(=O)NCc2cccc[n+]2CC(=O)c2ccccc2)cc(OC)c1OC.[Br-]. The summed E-state index contributed by atoms with van der Waals surface area (Å²) < 4.78 is 17.7. The predicted molar refractivity (Wildman–Crippen MR) is 115 cm³/mol. The molecule has 1 aromatic heterocycles. The predicted octanol–water partition coefficient (Wildman–Crippen LogP) is -0.183. The van der Waals surface area contributed by atoms with Crippen LogP contribution in [0.5, 0.6) is 17.2 Å². The lowest BCUT2D eigenvalue weighted by atomic mass is 10.1.